The molecule has 0 aliphatic carbocycles. The van der Waals surface area contributed by atoms with Crippen molar-refractivity contribution in [1.82, 2.24) is 9.88 Å². The van der Waals surface area contributed by atoms with Gasteiger partial charge in [-0.25, -0.2) is 4.98 Å². The molecule has 0 saturated heterocycles. The van der Waals surface area contributed by atoms with E-state index in [1.54, 1.807) is 0 Å². The number of hydrogen-bond acceptors (Lipinski definition) is 5. The number of carboxylic acids is 1. The number of aliphatic carboxylic acids is 1. The van der Waals surface area contributed by atoms with Crippen molar-refractivity contribution >= 4 is 17.1 Å². The van der Waals surface area contributed by atoms with Gasteiger partial charge in [0.05, 0.1) is 0 Å². The van der Waals surface area contributed by atoms with Gasteiger partial charge in [-0.2, -0.15) is 0 Å². The lowest BCUT2D eigenvalue weighted by atomic mass is 9.92. The van der Waals surface area contributed by atoms with E-state index in [1.165, 1.54) is 0 Å². The van der Waals surface area contributed by atoms with Gasteiger partial charge in [-0.3, -0.25) is 9.69 Å². The van der Waals surface area contributed by atoms with Gasteiger partial charge in [0.15, 0.2) is 11.5 Å². The molecule has 6 heteroatoms. The Labute approximate surface area is 198 Å². The van der Waals surface area contributed by atoms with E-state index in [0.29, 0.717) is 25.4 Å². The Kier molecular flexibility index (Phi) is 6.07. The van der Waals surface area contributed by atoms with Crippen LogP contribution in [-0.2, 0) is 24.4 Å². The van der Waals surface area contributed by atoms with E-state index < -0.39 is 12.0 Å². The Morgan fingerprint density at radius 2 is 1.94 bits per heavy atom. The van der Waals surface area contributed by atoms with Crippen LogP contribution < -0.4 is 4.74 Å². The van der Waals surface area contributed by atoms with Crippen LogP contribution in [0.25, 0.3) is 11.1 Å². The molecule has 0 fully saturated rings. The summed E-state index contributed by atoms with van der Waals surface area (Å²) >= 11 is 0. The first kappa shape index (κ1) is 22.2. The molecule has 174 valence electrons. The molecule has 0 amide bonds. The molecule has 34 heavy (non-hydrogen) atoms. The highest BCUT2D eigenvalue weighted by molar-refractivity contribution is 5.77. The van der Waals surface area contributed by atoms with Crippen LogP contribution in [0.1, 0.15) is 54.0 Å². The zero-order valence-corrected chi connectivity index (χ0v) is 19.4. The fourth-order valence-electron chi connectivity index (χ4n) is 4.51. The number of benzene rings is 3. The van der Waals surface area contributed by atoms with Crippen molar-refractivity contribution in [2.75, 3.05) is 6.54 Å². The van der Waals surface area contributed by atoms with Crippen LogP contribution in [0.3, 0.4) is 0 Å². The number of rotatable bonds is 7. The van der Waals surface area contributed by atoms with Gasteiger partial charge in [-0.1, -0.05) is 56.3 Å². The van der Waals surface area contributed by atoms with Crippen molar-refractivity contribution in [2.45, 2.75) is 45.4 Å². The van der Waals surface area contributed by atoms with Crippen LogP contribution in [0.4, 0.5) is 0 Å². The van der Waals surface area contributed by atoms with Gasteiger partial charge in [0.2, 0.25) is 0 Å². The molecule has 0 saturated carbocycles. The number of carboxylic acid groups (broad SMARTS) is 1. The van der Waals surface area contributed by atoms with Gasteiger partial charge >= 0.3 is 5.97 Å². The molecular weight excluding hydrogens is 428 g/mol. The summed E-state index contributed by atoms with van der Waals surface area (Å²) in [6.07, 6.45) is 0.813. The molecular formula is C28H28N2O4. The van der Waals surface area contributed by atoms with Crippen LogP contribution in [0.15, 0.2) is 71.1 Å². The smallest absolute Gasteiger partial charge is 0.325 e. The van der Waals surface area contributed by atoms with E-state index in [2.05, 4.69) is 18.8 Å². The molecule has 1 aliphatic heterocycles. The summed E-state index contributed by atoms with van der Waals surface area (Å²) in [7, 11) is 0. The predicted molar refractivity (Wildman–Crippen MR) is 130 cm³/mol. The second kappa shape index (κ2) is 9.31. The third-order valence-electron chi connectivity index (χ3n) is 6.28. The summed E-state index contributed by atoms with van der Waals surface area (Å²) in [4.78, 5) is 18.9. The van der Waals surface area contributed by atoms with Gasteiger partial charge in [-0.05, 0) is 52.9 Å². The van der Waals surface area contributed by atoms with Crippen molar-refractivity contribution in [3.05, 3.63) is 94.9 Å². The normalized spacial score (nSPS) is 16.0. The average molecular weight is 457 g/mol. The van der Waals surface area contributed by atoms with E-state index >= 15 is 0 Å². The Balaban J connectivity index is 1.35. The topological polar surface area (TPSA) is 75.8 Å². The molecule has 6 nitrogen and oxygen atoms in total. The Morgan fingerprint density at radius 1 is 1.12 bits per heavy atom. The van der Waals surface area contributed by atoms with Crippen LogP contribution in [0.2, 0.25) is 0 Å². The van der Waals surface area contributed by atoms with Gasteiger partial charge < -0.3 is 14.3 Å². The number of hydrogen-bond donors (Lipinski definition) is 1. The van der Waals surface area contributed by atoms with E-state index in [1.807, 2.05) is 71.6 Å². The molecule has 1 unspecified atom stereocenters. The van der Waals surface area contributed by atoms with Crippen LogP contribution >= 0.6 is 0 Å². The quantitative estimate of drug-likeness (QED) is 0.384. The molecule has 4 aromatic rings. The molecule has 2 heterocycles. The van der Waals surface area contributed by atoms with Crippen molar-refractivity contribution in [3.8, 4) is 5.75 Å². The minimum Gasteiger partial charge on any atom is -0.489 e. The fourth-order valence-corrected chi connectivity index (χ4v) is 4.51. The first-order valence-electron chi connectivity index (χ1n) is 11.6. The summed E-state index contributed by atoms with van der Waals surface area (Å²) in [5.41, 5.74) is 5.54. The maximum atomic E-state index is 12.3. The predicted octanol–water partition coefficient (Wildman–Crippen LogP) is 5.71. The zero-order chi connectivity index (χ0) is 23.7. The first-order chi connectivity index (χ1) is 16.5. The Morgan fingerprint density at radius 3 is 2.71 bits per heavy atom. The van der Waals surface area contributed by atoms with E-state index in [4.69, 9.17) is 9.15 Å². The highest BCUT2D eigenvalue weighted by atomic mass is 16.5. The molecule has 3 aromatic carbocycles. The Hall–Kier alpha value is -3.64. The van der Waals surface area contributed by atoms with E-state index in [9.17, 15) is 9.90 Å². The highest BCUT2D eigenvalue weighted by Gasteiger charge is 2.33. The van der Waals surface area contributed by atoms with Gasteiger partial charge in [0.1, 0.15) is 23.9 Å². The lowest BCUT2D eigenvalue weighted by molar-refractivity contribution is -0.144. The van der Waals surface area contributed by atoms with Gasteiger partial charge in [-0.15, -0.1) is 0 Å². The molecule has 0 spiro atoms. The summed E-state index contributed by atoms with van der Waals surface area (Å²) in [6.45, 7) is 5.77. The van der Waals surface area contributed by atoms with Crippen molar-refractivity contribution < 1.29 is 19.1 Å². The lowest BCUT2D eigenvalue weighted by Gasteiger charge is -2.35. The largest absolute Gasteiger partial charge is 0.489 e. The second-order valence-corrected chi connectivity index (χ2v) is 9.11. The SMILES string of the molecule is CC(C)c1nc2cc(COc3ccc4c(c3)C(C(=O)O)N(Cc3ccccc3)CC4)ccc2o1. The maximum Gasteiger partial charge on any atom is 0.325 e. The molecule has 0 bridgehead atoms. The molecule has 1 aliphatic rings. The fraction of sp³-hybridized carbons (Fsp3) is 0.286. The minimum absolute atomic E-state index is 0.228. The molecule has 5 rings (SSSR count). The minimum atomic E-state index is -0.841. The molecule has 1 N–H and O–H groups in total. The monoisotopic (exact) mass is 456 g/mol. The number of aromatic nitrogens is 1. The number of carbonyl (C=O) groups is 1. The number of fused-ring (bicyclic) bond motifs is 2. The van der Waals surface area contributed by atoms with Crippen molar-refractivity contribution in [2.24, 2.45) is 0 Å². The summed E-state index contributed by atoms with van der Waals surface area (Å²) in [6, 6.07) is 21.0. The summed E-state index contributed by atoms with van der Waals surface area (Å²) in [5, 5.41) is 10.1. The maximum absolute atomic E-state index is 12.3. The molecule has 1 aromatic heterocycles. The van der Waals surface area contributed by atoms with Crippen LogP contribution in [-0.4, -0.2) is 27.5 Å². The number of oxazole rings is 1. The lowest BCUT2D eigenvalue weighted by Crippen LogP contribution is -2.39. The standard InChI is InChI=1S/C28H28N2O4/c1-18(2)27-29-24-14-20(8-11-25(24)34-27)17-33-22-10-9-21-12-13-30(16-19-6-4-3-5-7-19)26(28(31)32)23(21)15-22/h3-11,14-15,18,26H,12-13,16-17H2,1-2H3,(H,31,32). The third kappa shape index (κ3) is 4.54. The zero-order valence-electron chi connectivity index (χ0n) is 19.4. The highest BCUT2D eigenvalue weighted by Crippen LogP contribution is 2.34. The number of nitrogens with zero attached hydrogens (tertiary/aromatic N) is 2. The molecule has 1 atom stereocenters. The van der Waals surface area contributed by atoms with Crippen molar-refractivity contribution in [1.29, 1.82) is 0 Å². The summed E-state index contributed by atoms with van der Waals surface area (Å²) in [5.74, 6) is 0.773. The second-order valence-electron chi connectivity index (χ2n) is 9.11. The van der Waals surface area contributed by atoms with Gasteiger partial charge in [0, 0.05) is 19.0 Å². The van der Waals surface area contributed by atoms with Crippen LogP contribution in [0, 0.1) is 0 Å². The van der Waals surface area contributed by atoms with E-state index in [0.717, 1.165) is 45.7 Å². The van der Waals surface area contributed by atoms with E-state index in [-0.39, 0.29) is 5.92 Å². The van der Waals surface area contributed by atoms with Crippen molar-refractivity contribution in [3.63, 3.8) is 0 Å². The molecule has 0 radical (unpaired) electrons. The average Bonchev–Trinajstić information content (AvgIpc) is 3.27. The number of ether oxygens (including phenoxy) is 1. The van der Waals surface area contributed by atoms with Gasteiger partial charge in [0.25, 0.3) is 0 Å². The third-order valence-corrected chi connectivity index (χ3v) is 6.28. The van der Waals surface area contributed by atoms with Crippen LogP contribution in [0.5, 0.6) is 5.75 Å². The first-order valence-corrected chi connectivity index (χ1v) is 11.6. The Bertz CT molecular complexity index is 1310. The summed E-state index contributed by atoms with van der Waals surface area (Å²) < 4.78 is 11.9.